The van der Waals surface area contributed by atoms with Gasteiger partial charge < -0.3 is 14.8 Å². The molecule has 1 atom stereocenters. The number of allylic oxidation sites excluding steroid dienone is 1. The zero-order chi connectivity index (χ0) is 16.2. The van der Waals surface area contributed by atoms with Gasteiger partial charge in [-0.25, -0.2) is 9.59 Å². The lowest BCUT2D eigenvalue weighted by Crippen LogP contribution is -2.39. The van der Waals surface area contributed by atoms with Crippen LogP contribution in [0.1, 0.15) is 38.7 Å². The maximum absolute atomic E-state index is 11.6. The summed E-state index contributed by atoms with van der Waals surface area (Å²) < 4.78 is 9.95. The summed E-state index contributed by atoms with van der Waals surface area (Å²) in [5.41, 5.74) is 0.881. The number of hydrogen-bond donors (Lipinski definition) is 1. The molecule has 22 heavy (non-hydrogen) atoms. The Morgan fingerprint density at radius 2 is 2.00 bits per heavy atom. The van der Waals surface area contributed by atoms with Gasteiger partial charge in [0.15, 0.2) is 0 Å². The van der Waals surface area contributed by atoms with Gasteiger partial charge in [-0.05, 0) is 31.4 Å². The quantitative estimate of drug-likeness (QED) is 0.453. The van der Waals surface area contributed by atoms with Gasteiger partial charge in [-0.15, -0.1) is 0 Å². The Bertz CT molecular complexity index is 485. The van der Waals surface area contributed by atoms with Crippen molar-refractivity contribution in [3.05, 3.63) is 48.2 Å². The standard InChI is InChI=1S/C17H23NO4/c1-3-4-5-9-12-21-16(19)14(2)18-17(20)22-13-15-10-7-6-8-11-15/h6-12,14H,3-5,13H2,1-2H3,(H,18,20). The smallest absolute Gasteiger partial charge is 0.408 e. The average Bonchev–Trinajstić information content (AvgIpc) is 2.53. The monoisotopic (exact) mass is 305 g/mol. The number of carbonyl (C=O) groups excluding carboxylic acids is 2. The van der Waals surface area contributed by atoms with Crippen LogP contribution >= 0.6 is 0 Å². The SMILES string of the molecule is CCCCC=COC(=O)C(C)NC(=O)OCc1ccccc1. The number of unbranched alkanes of at least 4 members (excludes halogenated alkanes) is 2. The van der Waals surface area contributed by atoms with Gasteiger partial charge >= 0.3 is 12.1 Å². The van der Waals surface area contributed by atoms with Crippen molar-refractivity contribution in [2.75, 3.05) is 0 Å². The summed E-state index contributed by atoms with van der Waals surface area (Å²) in [7, 11) is 0. The molecule has 0 aliphatic rings. The molecule has 1 aromatic rings. The van der Waals surface area contributed by atoms with E-state index in [4.69, 9.17) is 9.47 Å². The molecule has 5 heteroatoms. The summed E-state index contributed by atoms with van der Waals surface area (Å²) in [4.78, 5) is 23.2. The maximum atomic E-state index is 11.6. The molecule has 1 N–H and O–H groups in total. The molecule has 0 heterocycles. The largest absolute Gasteiger partial charge is 0.445 e. The van der Waals surface area contributed by atoms with E-state index in [1.807, 2.05) is 30.3 Å². The van der Waals surface area contributed by atoms with Gasteiger partial charge in [0.05, 0.1) is 6.26 Å². The number of ether oxygens (including phenoxy) is 2. The Morgan fingerprint density at radius 3 is 2.68 bits per heavy atom. The second kappa shape index (κ2) is 10.4. The van der Waals surface area contributed by atoms with Gasteiger partial charge in [-0.3, -0.25) is 0 Å². The molecule has 1 aromatic carbocycles. The van der Waals surface area contributed by atoms with E-state index in [1.54, 1.807) is 13.0 Å². The highest BCUT2D eigenvalue weighted by molar-refractivity contribution is 5.81. The summed E-state index contributed by atoms with van der Waals surface area (Å²) in [6.07, 6.45) is 5.51. The molecule has 1 amide bonds. The van der Waals surface area contributed by atoms with Gasteiger partial charge in [0.25, 0.3) is 0 Å². The number of alkyl carbamates (subject to hydrolysis) is 1. The second-order valence-corrected chi connectivity index (χ2v) is 4.88. The van der Waals surface area contributed by atoms with Crippen molar-refractivity contribution in [2.45, 2.75) is 45.8 Å². The van der Waals surface area contributed by atoms with Crippen LogP contribution < -0.4 is 5.32 Å². The highest BCUT2D eigenvalue weighted by Gasteiger charge is 2.17. The number of amides is 1. The van der Waals surface area contributed by atoms with Crippen LogP contribution in [0.5, 0.6) is 0 Å². The third kappa shape index (κ3) is 7.47. The molecule has 0 aromatic heterocycles. The van der Waals surface area contributed by atoms with E-state index >= 15 is 0 Å². The maximum Gasteiger partial charge on any atom is 0.408 e. The zero-order valence-electron chi connectivity index (χ0n) is 13.1. The molecule has 0 saturated carbocycles. The van der Waals surface area contributed by atoms with Crippen LogP contribution in [0.3, 0.4) is 0 Å². The van der Waals surface area contributed by atoms with E-state index < -0.39 is 18.1 Å². The molecule has 5 nitrogen and oxygen atoms in total. The van der Waals surface area contributed by atoms with Gasteiger partial charge in [0, 0.05) is 0 Å². The first-order valence-corrected chi connectivity index (χ1v) is 7.46. The Balaban J connectivity index is 2.25. The molecule has 1 rings (SSSR count). The van der Waals surface area contributed by atoms with Crippen molar-refractivity contribution in [2.24, 2.45) is 0 Å². The Kier molecular flexibility index (Phi) is 8.42. The molecule has 120 valence electrons. The first kappa shape index (κ1) is 17.8. The molecule has 0 bridgehead atoms. The van der Waals surface area contributed by atoms with E-state index in [9.17, 15) is 9.59 Å². The minimum absolute atomic E-state index is 0.158. The number of esters is 1. The third-order valence-corrected chi connectivity index (χ3v) is 2.91. The van der Waals surface area contributed by atoms with Crippen molar-refractivity contribution < 1.29 is 19.1 Å². The number of carbonyl (C=O) groups is 2. The van der Waals surface area contributed by atoms with Crippen LogP contribution in [0, 0.1) is 0 Å². The molecule has 0 saturated heterocycles. The highest BCUT2D eigenvalue weighted by atomic mass is 16.6. The molecule has 0 spiro atoms. The molecular weight excluding hydrogens is 282 g/mol. The molecular formula is C17H23NO4. The van der Waals surface area contributed by atoms with E-state index in [-0.39, 0.29) is 6.61 Å². The number of hydrogen-bond acceptors (Lipinski definition) is 4. The minimum atomic E-state index is -0.765. The molecule has 0 fully saturated rings. The first-order chi connectivity index (χ1) is 10.6. The van der Waals surface area contributed by atoms with Crippen LogP contribution in [0.15, 0.2) is 42.7 Å². The summed E-state index contributed by atoms with van der Waals surface area (Å²) in [5.74, 6) is -0.524. The van der Waals surface area contributed by atoms with Gasteiger partial charge in [0.1, 0.15) is 12.6 Å². The Morgan fingerprint density at radius 1 is 1.27 bits per heavy atom. The van der Waals surface area contributed by atoms with E-state index in [1.165, 1.54) is 6.26 Å². The van der Waals surface area contributed by atoms with Crippen molar-refractivity contribution in [3.8, 4) is 0 Å². The first-order valence-electron chi connectivity index (χ1n) is 7.46. The van der Waals surface area contributed by atoms with Gasteiger partial charge in [-0.2, -0.15) is 0 Å². The lowest BCUT2D eigenvalue weighted by atomic mass is 10.2. The molecule has 0 radical (unpaired) electrons. The predicted octanol–water partition coefficient (Wildman–Crippen LogP) is 3.55. The Hall–Kier alpha value is -2.30. The fraction of sp³-hybridized carbons (Fsp3) is 0.412. The molecule has 1 unspecified atom stereocenters. The topological polar surface area (TPSA) is 64.6 Å². The van der Waals surface area contributed by atoms with Crippen LogP contribution in [0.25, 0.3) is 0 Å². The summed E-state index contributed by atoms with van der Waals surface area (Å²) in [6, 6.07) is 8.55. The second-order valence-electron chi connectivity index (χ2n) is 4.88. The van der Waals surface area contributed by atoms with E-state index in [0.29, 0.717) is 0 Å². The number of benzene rings is 1. The zero-order valence-corrected chi connectivity index (χ0v) is 13.1. The van der Waals surface area contributed by atoms with Crippen LogP contribution in [-0.2, 0) is 20.9 Å². The minimum Gasteiger partial charge on any atom is -0.445 e. The number of rotatable bonds is 8. The van der Waals surface area contributed by atoms with Crippen molar-refractivity contribution >= 4 is 12.1 Å². The van der Waals surface area contributed by atoms with Gasteiger partial charge in [0.2, 0.25) is 0 Å². The molecule has 0 aliphatic heterocycles. The van der Waals surface area contributed by atoms with E-state index in [0.717, 1.165) is 24.8 Å². The van der Waals surface area contributed by atoms with Crippen molar-refractivity contribution in [3.63, 3.8) is 0 Å². The van der Waals surface area contributed by atoms with Crippen LogP contribution in [-0.4, -0.2) is 18.1 Å². The lowest BCUT2D eigenvalue weighted by molar-refractivity contribution is -0.139. The normalized spacial score (nSPS) is 11.9. The predicted molar refractivity (Wildman–Crippen MR) is 84.0 cm³/mol. The van der Waals surface area contributed by atoms with E-state index in [2.05, 4.69) is 12.2 Å². The third-order valence-electron chi connectivity index (χ3n) is 2.91. The summed E-state index contributed by atoms with van der Waals surface area (Å²) >= 11 is 0. The average molecular weight is 305 g/mol. The van der Waals surface area contributed by atoms with Crippen LogP contribution in [0.2, 0.25) is 0 Å². The summed E-state index contributed by atoms with van der Waals surface area (Å²) in [5, 5.41) is 2.43. The fourth-order valence-electron chi connectivity index (χ4n) is 1.61. The number of nitrogens with one attached hydrogen (secondary N) is 1. The Labute approximate surface area is 131 Å². The summed E-state index contributed by atoms with van der Waals surface area (Å²) in [6.45, 7) is 3.80. The van der Waals surface area contributed by atoms with Crippen molar-refractivity contribution in [1.82, 2.24) is 5.32 Å². The lowest BCUT2D eigenvalue weighted by Gasteiger charge is -2.12. The van der Waals surface area contributed by atoms with Crippen molar-refractivity contribution in [1.29, 1.82) is 0 Å². The molecule has 0 aliphatic carbocycles. The highest BCUT2D eigenvalue weighted by Crippen LogP contribution is 2.01. The van der Waals surface area contributed by atoms with Gasteiger partial charge in [-0.1, -0.05) is 43.7 Å². The fourth-order valence-corrected chi connectivity index (χ4v) is 1.61. The van der Waals surface area contributed by atoms with Crippen LogP contribution in [0.4, 0.5) is 4.79 Å².